The first-order valence-electron chi connectivity index (χ1n) is 10.8. The number of sulfonamides is 1. The molecule has 0 radical (unpaired) electrons. The van der Waals surface area contributed by atoms with Crippen LogP contribution in [0.4, 0.5) is 11.4 Å². The molecule has 0 aliphatic carbocycles. The number of hydrogen-bond donors (Lipinski definition) is 2. The lowest BCUT2D eigenvalue weighted by Crippen LogP contribution is -2.32. The molecule has 0 aliphatic rings. The average Bonchev–Trinajstić information content (AvgIpc) is 2.77. The monoisotopic (exact) mass is 466 g/mol. The van der Waals surface area contributed by atoms with Gasteiger partial charge in [0.2, 0.25) is 0 Å². The molecule has 1 amide bonds. The van der Waals surface area contributed by atoms with E-state index in [1.54, 1.807) is 18.2 Å². The van der Waals surface area contributed by atoms with Crippen molar-refractivity contribution >= 4 is 27.3 Å². The fraction of sp³-hybridized carbons (Fsp3) is 0.269. The van der Waals surface area contributed by atoms with Crippen molar-refractivity contribution in [2.75, 3.05) is 10.0 Å². The smallest absolute Gasteiger partial charge is 0.265 e. The minimum atomic E-state index is -3.76. The third-order valence-corrected chi connectivity index (χ3v) is 6.94. The number of nitrogens with one attached hydrogen (secondary N) is 2. The molecule has 0 aliphatic heterocycles. The molecular weight excluding hydrogens is 436 g/mol. The Bertz CT molecular complexity index is 1250. The minimum Gasteiger partial charge on any atom is -0.480 e. The number of aryl methyl sites for hydroxylation is 3. The standard InChI is InChI=1S/C26H30N2O4S/c1-6-24(32-25-9-7-8-18(3)20(25)5)26(29)27-21-12-14-22(15-13-21)33(30,31)28-23-16-17(2)10-11-19(23)4/h7-16,24,28H,6H2,1-5H3,(H,27,29)/t24-/m1/s1. The van der Waals surface area contributed by atoms with Crippen LogP contribution in [0.3, 0.4) is 0 Å². The van der Waals surface area contributed by atoms with Crippen molar-refractivity contribution in [1.82, 2.24) is 0 Å². The molecule has 2 N–H and O–H groups in total. The Morgan fingerprint density at radius 1 is 0.939 bits per heavy atom. The number of amides is 1. The van der Waals surface area contributed by atoms with Crippen LogP contribution < -0.4 is 14.8 Å². The quantitative estimate of drug-likeness (QED) is 0.458. The van der Waals surface area contributed by atoms with Crippen LogP contribution in [0.25, 0.3) is 0 Å². The van der Waals surface area contributed by atoms with Gasteiger partial charge in [-0.2, -0.15) is 0 Å². The molecule has 6 nitrogen and oxygen atoms in total. The van der Waals surface area contributed by atoms with Crippen molar-refractivity contribution in [3.63, 3.8) is 0 Å². The normalized spacial score (nSPS) is 12.2. The predicted octanol–water partition coefficient (Wildman–Crippen LogP) is 5.52. The van der Waals surface area contributed by atoms with Gasteiger partial charge in [0.05, 0.1) is 10.6 Å². The Morgan fingerprint density at radius 3 is 2.30 bits per heavy atom. The number of rotatable bonds is 8. The predicted molar refractivity (Wildman–Crippen MR) is 132 cm³/mol. The van der Waals surface area contributed by atoms with E-state index in [0.717, 1.165) is 22.3 Å². The van der Waals surface area contributed by atoms with Gasteiger partial charge in [-0.15, -0.1) is 0 Å². The topological polar surface area (TPSA) is 84.5 Å². The van der Waals surface area contributed by atoms with Crippen LogP contribution in [0.15, 0.2) is 65.6 Å². The van der Waals surface area contributed by atoms with Gasteiger partial charge in [0.15, 0.2) is 6.10 Å². The number of carbonyl (C=O) groups excluding carboxylic acids is 1. The van der Waals surface area contributed by atoms with Crippen molar-refractivity contribution in [3.05, 3.63) is 82.9 Å². The van der Waals surface area contributed by atoms with Gasteiger partial charge in [-0.3, -0.25) is 9.52 Å². The highest BCUT2D eigenvalue weighted by Crippen LogP contribution is 2.24. The zero-order valence-corrected chi connectivity index (χ0v) is 20.4. The highest BCUT2D eigenvalue weighted by atomic mass is 32.2. The molecule has 1 atom stereocenters. The van der Waals surface area contributed by atoms with Gasteiger partial charge in [0, 0.05) is 5.69 Å². The number of anilines is 2. The Morgan fingerprint density at radius 2 is 1.64 bits per heavy atom. The van der Waals surface area contributed by atoms with E-state index in [1.165, 1.54) is 12.1 Å². The number of carbonyl (C=O) groups is 1. The van der Waals surface area contributed by atoms with Crippen molar-refractivity contribution < 1.29 is 17.9 Å². The fourth-order valence-electron chi connectivity index (χ4n) is 3.32. The third kappa shape index (κ3) is 5.93. The van der Waals surface area contributed by atoms with Gasteiger partial charge in [-0.1, -0.05) is 31.2 Å². The first kappa shape index (κ1) is 24.3. The molecule has 0 saturated heterocycles. The molecular formula is C26H30N2O4S. The van der Waals surface area contributed by atoms with Gasteiger partial charge >= 0.3 is 0 Å². The summed E-state index contributed by atoms with van der Waals surface area (Å²) in [6, 6.07) is 17.4. The molecule has 33 heavy (non-hydrogen) atoms. The Labute approximate surface area is 196 Å². The molecule has 0 spiro atoms. The molecule has 3 aromatic carbocycles. The molecule has 0 aromatic heterocycles. The van der Waals surface area contributed by atoms with E-state index in [4.69, 9.17) is 4.74 Å². The van der Waals surface area contributed by atoms with Crippen LogP contribution in [0.5, 0.6) is 5.75 Å². The van der Waals surface area contributed by atoms with Crippen LogP contribution in [-0.4, -0.2) is 20.4 Å². The van der Waals surface area contributed by atoms with Crippen LogP contribution in [0.2, 0.25) is 0 Å². The van der Waals surface area contributed by atoms with E-state index in [9.17, 15) is 13.2 Å². The highest BCUT2D eigenvalue weighted by Gasteiger charge is 2.20. The maximum atomic E-state index is 12.8. The largest absolute Gasteiger partial charge is 0.480 e. The summed E-state index contributed by atoms with van der Waals surface area (Å²) >= 11 is 0. The minimum absolute atomic E-state index is 0.111. The van der Waals surface area contributed by atoms with E-state index in [2.05, 4.69) is 10.0 Å². The summed E-state index contributed by atoms with van der Waals surface area (Å²) in [7, 11) is -3.76. The van der Waals surface area contributed by atoms with Crippen molar-refractivity contribution in [2.24, 2.45) is 0 Å². The maximum Gasteiger partial charge on any atom is 0.265 e. The highest BCUT2D eigenvalue weighted by molar-refractivity contribution is 7.92. The summed E-state index contributed by atoms with van der Waals surface area (Å²) < 4.78 is 34.2. The van der Waals surface area contributed by atoms with Crippen LogP contribution in [0.1, 0.15) is 35.6 Å². The van der Waals surface area contributed by atoms with Gasteiger partial charge in [-0.25, -0.2) is 8.42 Å². The Kier molecular flexibility index (Phi) is 7.43. The zero-order chi connectivity index (χ0) is 24.2. The summed E-state index contributed by atoms with van der Waals surface area (Å²) in [6.45, 7) is 9.58. The SMILES string of the molecule is CC[C@@H](Oc1cccc(C)c1C)C(=O)Nc1ccc(S(=O)(=O)Nc2cc(C)ccc2C)cc1. The molecule has 0 unspecified atom stereocenters. The van der Waals surface area contributed by atoms with Crippen molar-refractivity contribution in [3.8, 4) is 5.75 Å². The van der Waals surface area contributed by atoms with Crippen molar-refractivity contribution in [1.29, 1.82) is 0 Å². The lowest BCUT2D eigenvalue weighted by Gasteiger charge is -2.19. The first-order chi connectivity index (χ1) is 15.6. The zero-order valence-electron chi connectivity index (χ0n) is 19.6. The van der Waals surface area contributed by atoms with Crippen LogP contribution in [0, 0.1) is 27.7 Å². The summed E-state index contributed by atoms with van der Waals surface area (Å²) in [5, 5.41) is 2.81. The van der Waals surface area contributed by atoms with E-state index < -0.39 is 16.1 Å². The number of ether oxygens (including phenoxy) is 1. The second kappa shape index (κ2) is 10.1. The summed E-state index contributed by atoms with van der Waals surface area (Å²) in [5.41, 5.74) is 4.92. The third-order valence-electron chi connectivity index (χ3n) is 5.56. The van der Waals surface area contributed by atoms with Crippen LogP contribution in [-0.2, 0) is 14.8 Å². The molecule has 0 fully saturated rings. The van der Waals surface area contributed by atoms with Gasteiger partial charge in [0.1, 0.15) is 5.75 Å². The molecule has 0 bridgehead atoms. The molecule has 0 heterocycles. The van der Waals surface area contributed by atoms with E-state index in [0.29, 0.717) is 23.5 Å². The van der Waals surface area contributed by atoms with Gasteiger partial charge in [0.25, 0.3) is 15.9 Å². The summed E-state index contributed by atoms with van der Waals surface area (Å²) in [4.78, 5) is 12.9. The molecule has 0 saturated carbocycles. The second-order valence-corrected chi connectivity index (χ2v) is 9.83. The number of hydrogen-bond acceptors (Lipinski definition) is 4. The fourth-order valence-corrected chi connectivity index (χ4v) is 4.44. The Hall–Kier alpha value is -3.32. The maximum absolute atomic E-state index is 12.8. The van der Waals surface area contributed by atoms with E-state index in [1.807, 2.05) is 65.0 Å². The molecule has 3 aromatic rings. The molecule has 174 valence electrons. The van der Waals surface area contributed by atoms with Gasteiger partial charge in [-0.05, 0) is 92.8 Å². The molecule has 7 heteroatoms. The van der Waals surface area contributed by atoms with E-state index in [-0.39, 0.29) is 10.8 Å². The van der Waals surface area contributed by atoms with Crippen LogP contribution >= 0.6 is 0 Å². The van der Waals surface area contributed by atoms with Crippen molar-refractivity contribution in [2.45, 2.75) is 52.0 Å². The Balaban J connectivity index is 1.70. The first-order valence-corrected chi connectivity index (χ1v) is 12.3. The molecule has 3 rings (SSSR count). The number of benzene rings is 3. The second-order valence-electron chi connectivity index (χ2n) is 8.15. The summed E-state index contributed by atoms with van der Waals surface area (Å²) in [6.07, 6.45) is -0.175. The van der Waals surface area contributed by atoms with E-state index >= 15 is 0 Å². The average molecular weight is 467 g/mol. The lowest BCUT2D eigenvalue weighted by molar-refractivity contribution is -0.122. The lowest BCUT2D eigenvalue weighted by atomic mass is 10.1. The summed E-state index contributed by atoms with van der Waals surface area (Å²) in [5.74, 6) is 0.387. The van der Waals surface area contributed by atoms with Gasteiger partial charge < -0.3 is 10.1 Å².